The van der Waals surface area contributed by atoms with E-state index >= 15 is 0 Å². The Balaban J connectivity index is 2.07. The number of rotatable bonds is 3. The molecule has 0 saturated carbocycles. The Morgan fingerprint density at radius 2 is 2.53 bits per heavy atom. The van der Waals surface area contributed by atoms with Gasteiger partial charge in [-0.05, 0) is 24.3 Å². The maximum atomic E-state index is 10.7. The molecule has 4 nitrogen and oxygen atoms in total. The number of nitrogens with one attached hydrogen (secondary N) is 1. The minimum absolute atomic E-state index is 0.0886. The normalized spacial score (nSPS) is 20.1. The predicted molar refractivity (Wildman–Crippen MR) is 60.5 cm³/mol. The van der Waals surface area contributed by atoms with Crippen LogP contribution in [-0.4, -0.2) is 33.6 Å². The molecule has 1 aromatic heterocycles. The summed E-state index contributed by atoms with van der Waals surface area (Å²) in [5.41, 5.74) is 0.931. The first-order valence-corrected chi connectivity index (χ1v) is 5.95. The summed E-state index contributed by atoms with van der Waals surface area (Å²) in [6.45, 7) is 0. The quantitative estimate of drug-likeness (QED) is 0.818. The van der Waals surface area contributed by atoms with Crippen LogP contribution in [0.25, 0.3) is 0 Å². The summed E-state index contributed by atoms with van der Waals surface area (Å²) < 4.78 is 0. The Labute approximate surface area is 92.1 Å². The lowest BCUT2D eigenvalue weighted by atomic mass is 10.2. The van der Waals surface area contributed by atoms with Gasteiger partial charge in [-0.1, -0.05) is 0 Å². The van der Waals surface area contributed by atoms with Crippen LogP contribution in [0.1, 0.15) is 16.9 Å². The average molecular weight is 224 g/mol. The molecule has 1 unspecified atom stereocenters. The van der Waals surface area contributed by atoms with Gasteiger partial charge >= 0.3 is 5.97 Å². The fraction of sp³-hybridized carbons (Fsp3) is 0.400. The van der Waals surface area contributed by atoms with Crippen LogP contribution in [0.5, 0.6) is 0 Å². The summed E-state index contributed by atoms with van der Waals surface area (Å²) in [6, 6.07) is 3.83. The molecule has 0 aliphatic carbocycles. The summed E-state index contributed by atoms with van der Waals surface area (Å²) in [7, 11) is 0. The van der Waals surface area contributed by atoms with Crippen molar-refractivity contribution in [2.24, 2.45) is 0 Å². The molecule has 2 rings (SSSR count). The van der Waals surface area contributed by atoms with Gasteiger partial charge in [0, 0.05) is 23.7 Å². The third-order valence-corrected chi connectivity index (χ3v) is 3.44. The second-order valence-corrected chi connectivity index (χ2v) is 4.59. The monoisotopic (exact) mass is 224 g/mol. The zero-order valence-corrected chi connectivity index (χ0v) is 8.96. The Morgan fingerprint density at radius 1 is 1.67 bits per heavy atom. The van der Waals surface area contributed by atoms with Crippen molar-refractivity contribution in [2.45, 2.75) is 12.5 Å². The van der Waals surface area contributed by atoms with E-state index in [1.165, 1.54) is 11.9 Å². The molecule has 0 radical (unpaired) electrons. The van der Waals surface area contributed by atoms with Gasteiger partial charge in [-0.3, -0.25) is 0 Å². The molecule has 1 aromatic rings. The number of anilines is 1. The third-order valence-electron chi connectivity index (χ3n) is 2.28. The number of nitrogens with zero attached hydrogens (tertiary/aromatic N) is 1. The molecule has 5 heteroatoms. The molecule has 0 spiro atoms. The van der Waals surface area contributed by atoms with Crippen molar-refractivity contribution in [2.75, 3.05) is 16.8 Å². The van der Waals surface area contributed by atoms with E-state index in [0.717, 1.165) is 17.9 Å². The van der Waals surface area contributed by atoms with Crippen molar-refractivity contribution in [1.82, 2.24) is 4.98 Å². The highest BCUT2D eigenvalue weighted by atomic mass is 32.2. The lowest BCUT2D eigenvalue weighted by Crippen LogP contribution is -2.18. The molecule has 1 aliphatic heterocycles. The third kappa shape index (κ3) is 2.62. The number of thioether (sulfide) groups is 1. The number of aromatic carboxylic acids is 1. The predicted octanol–water partition coefficient (Wildman–Crippen LogP) is 1.70. The van der Waals surface area contributed by atoms with E-state index in [1.807, 2.05) is 11.8 Å². The molecule has 2 N–H and O–H groups in total. The standard InChI is InChI=1S/C10H12N2O2S/c13-10(14)9-5-7(1-3-11-9)12-8-2-4-15-6-8/h1,3,5,8H,2,4,6H2,(H,11,12)(H,13,14). The van der Waals surface area contributed by atoms with Crippen LogP contribution in [0, 0.1) is 0 Å². The van der Waals surface area contributed by atoms with E-state index in [1.54, 1.807) is 12.1 Å². The molecule has 1 aliphatic rings. The van der Waals surface area contributed by atoms with E-state index < -0.39 is 5.97 Å². The highest BCUT2D eigenvalue weighted by Crippen LogP contribution is 2.21. The lowest BCUT2D eigenvalue weighted by molar-refractivity contribution is 0.0690. The summed E-state index contributed by atoms with van der Waals surface area (Å²) in [4.78, 5) is 14.5. The summed E-state index contributed by atoms with van der Waals surface area (Å²) in [5, 5.41) is 12.1. The van der Waals surface area contributed by atoms with Crippen LogP contribution in [0.3, 0.4) is 0 Å². The summed E-state index contributed by atoms with van der Waals surface area (Å²) in [5.74, 6) is 1.28. The number of aromatic nitrogens is 1. The fourth-order valence-corrected chi connectivity index (χ4v) is 2.67. The molecule has 1 fully saturated rings. The zero-order chi connectivity index (χ0) is 10.7. The first-order chi connectivity index (χ1) is 7.25. The van der Waals surface area contributed by atoms with Gasteiger partial charge in [-0.25, -0.2) is 9.78 Å². The Hall–Kier alpha value is -1.23. The van der Waals surface area contributed by atoms with Crippen molar-refractivity contribution < 1.29 is 9.90 Å². The van der Waals surface area contributed by atoms with Gasteiger partial charge in [-0.15, -0.1) is 0 Å². The number of carbonyl (C=O) groups is 1. The number of pyridine rings is 1. The van der Waals surface area contributed by atoms with Gasteiger partial charge in [0.05, 0.1) is 0 Å². The first kappa shape index (κ1) is 10.3. The molecular formula is C10H12N2O2S. The van der Waals surface area contributed by atoms with E-state index in [4.69, 9.17) is 5.11 Å². The average Bonchev–Trinajstić information content (AvgIpc) is 2.71. The largest absolute Gasteiger partial charge is 0.477 e. The minimum atomic E-state index is -0.987. The van der Waals surface area contributed by atoms with Crippen molar-refractivity contribution in [3.63, 3.8) is 0 Å². The van der Waals surface area contributed by atoms with E-state index in [0.29, 0.717) is 6.04 Å². The van der Waals surface area contributed by atoms with Crippen LogP contribution < -0.4 is 5.32 Å². The van der Waals surface area contributed by atoms with Crippen molar-refractivity contribution in [3.05, 3.63) is 24.0 Å². The minimum Gasteiger partial charge on any atom is -0.477 e. The van der Waals surface area contributed by atoms with Gasteiger partial charge < -0.3 is 10.4 Å². The molecule has 2 heterocycles. The van der Waals surface area contributed by atoms with E-state index in [2.05, 4.69) is 10.3 Å². The molecule has 0 amide bonds. The maximum absolute atomic E-state index is 10.7. The molecule has 0 bridgehead atoms. The van der Waals surface area contributed by atoms with Crippen LogP contribution >= 0.6 is 11.8 Å². The second-order valence-electron chi connectivity index (χ2n) is 3.44. The van der Waals surface area contributed by atoms with Crippen molar-refractivity contribution >= 4 is 23.4 Å². The van der Waals surface area contributed by atoms with Gasteiger partial charge in [0.25, 0.3) is 0 Å². The smallest absolute Gasteiger partial charge is 0.354 e. The number of hydrogen-bond donors (Lipinski definition) is 2. The summed E-state index contributed by atoms with van der Waals surface area (Å²) >= 11 is 1.92. The molecule has 0 aromatic carbocycles. The molecular weight excluding hydrogens is 212 g/mol. The van der Waals surface area contributed by atoms with Crippen molar-refractivity contribution in [3.8, 4) is 0 Å². The van der Waals surface area contributed by atoms with Gasteiger partial charge in [0.2, 0.25) is 0 Å². The van der Waals surface area contributed by atoms with E-state index in [9.17, 15) is 4.79 Å². The molecule has 80 valence electrons. The van der Waals surface area contributed by atoms with E-state index in [-0.39, 0.29) is 5.69 Å². The first-order valence-electron chi connectivity index (χ1n) is 4.79. The Kier molecular flexibility index (Phi) is 3.11. The van der Waals surface area contributed by atoms with Gasteiger partial charge in [0.1, 0.15) is 5.69 Å². The lowest BCUT2D eigenvalue weighted by Gasteiger charge is -2.12. The molecule has 15 heavy (non-hydrogen) atoms. The van der Waals surface area contributed by atoms with Crippen molar-refractivity contribution in [1.29, 1.82) is 0 Å². The highest BCUT2D eigenvalue weighted by Gasteiger charge is 2.15. The summed E-state index contributed by atoms with van der Waals surface area (Å²) in [6.07, 6.45) is 2.66. The molecule has 1 atom stereocenters. The maximum Gasteiger partial charge on any atom is 0.354 e. The van der Waals surface area contributed by atoms with Crippen LogP contribution in [0.4, 0.5) is 5.69 Å². The van der Waals surface area contributed by atoms with Crippen LogP contribution in [0.15, 0.2) is 18.3 Å². The number of carboxylic acid groups (broad SMARTS) is 1. The van der Waals surface area contributed by atoms with Crippen LogP contribution in [-0.2, 0) is 0 Å². The second kappa shape index (κ2) is 4.53. The SMILES string of the molecule is O=C(O)c1cc(NC2CCSC2)ccn1. The zero-order valence-electron chi connectivity index (χ0n) is 8.14. The topological polar surface area (TPSA) is 62.2 Å². The molecule has 1 saturated heterocycles. The van der Waals surface area contributed by atoms with Crippen LogP contribution in [0.2, 0.25) is 0 Å². The van der Waals surface area contributed by atoms with Gasteiger partial charge in [0.15, 0.2) is 0 Å². The fourth-order valence-electron chi connectivity index (χ4n) is 1.52. The van der Waals surface area contributed by atoms with Gasteiger partial charge in [-0.2, -0.15) is 11.8 Å². The number of hydrogen-bond acceptors (Lipinski definition) is 4. The number of carboxylic acids is 1. The highest BCUT2D eigenvalue weighted by molar-refractivity contribution is 7.99. The Bertz CT molecular complexity index is 364. The Morgan fingerprint density at radius 3 is 3.20 bits per heavy atom.